The van der Waals surface area contributed by atoms with Crippen LogP contribution in [0.5, 0.6) is 0 Å². The summed E-state index contributed by atoms with van der Waals surface area (Å²) < 4.78 is 31.0. The molecule has 1 aliphatic heterocycles. The Morgan fingerprint density at radius 3 is 2.74 bits per heavy atom. The number of hydrogen-bond donors (Lipinski definition) is 0. The molecule has 1 aromatic carbocycles. The highest BCUT2D eigenvalue weighted by atomic mass is 32.2. The molecule has 2 aromatic rings. The zero-order valence-corrected chi connectivity index (χ0v) is 15.0. The molecule has 0 aliphatic carbocycles. The Bertz CT molecular complexity index is 799. The maximum atomic E-state index is 12.1. The van der Waals surface area contributed by atoms with Crippen molar-refractivity contribution in [2.24, 2.45) is 0 Å². The first-order chi connectivity index (χ1) is 10.9. The number of nitrogens with zero attached hydrogens (tertiary/aromatic N) is 2. The summed E-state index contributed by atoms with van der Waals surface area (Å²) in [5.41, 5.74) is 1.17. The number of sulfonamides is 1. The molecule has 7 heteroatoms. The third-order valence-corrected chi connectivity index (χ3v) is 6.88. The van der Waals surface area contributed by atoms with Gasteiger partial charge in [-0.05, 0) is 31.2 Å². The number of para-hydroxylation sites is 1. The Balaban J connectivity index is 1.87. The average Bonchev–Trinajstić information content (AvgIpc) is 2.99. The van der Waals surface area contributed by atoms with Crippen LogP contribution in [0.1, 0.15) is 12.7 Å². The fraction of sp³-hybridized carbons (Fsp3) is 0.375. The van der Waals surface area contributed by atoms with E-state index in [-0.39, 0.29) is 5.09 Å². The number of benzene rings is 1. The molecule has 2 heterocycles. The van der Waals surface area contributed by atoms with Crippen molar-refractivity contribution in [2.45, 2.75) is 29.5 Å². The minimum absolute atomic E-state index is 0.00942. The smallest absolute Gasteiger partial charge is 0.275 e. The summed E-state index contributed by atoms with van der Waals surface area (Å²) >= 11 is 1.85. The summed E-state index contributed by atoms with van der Waals surface area (Å²) in [4.78, 5) is 3.51. The van der Waals surface area contributed by atoms with Gasteiger partial charge < -0.3 is 9.32 Å². The van der Waals surface area contributed by atoms with E-state index in [0.29, 0.717) is 18.3 Å². The first kappa shape index (κ1) is 16.4. The summed E-state index contributed by atoms with van der Waals surface area (Å²) in [6.07, 6.45) is 0. The van der Waals surface area contributed by atoms with Crippen LogP contribution in [0.3, 0.4) is 0 Å². The van der Waals surface area contributed by atoms with Gasteiger partial charge in [0.1, 0.15) is 5.76 Å². The van der Waals surface area contributed by atoms with Crippen molar-refractivity contribution in [3.63, 3.8) is 0 Å². The lowest BCUT2D eigenvalue weighted by Crippen LogP contribution is -2.37. The first-order valence-corrected chi connectivity index (χ1v) is 9.82. The maximum absolute atomic E-state index is 12.1. The molecule has 1 unspecified atom stereocenters. The molecule has 1 aliphatic rings. The zero-order chi connectivity index (χ0) is 16.6. The minimum Gasteiger partial charge on any atom is -0.446 e. The first-order valence-electron chi connectivity index (χ1n) is 7.39. The predicted molar refractivity (Wildman–Crippen MR) is 92.4 cm³/mol. The summed E-state index contributed by atoms with van der Waals surface area (Å²) in [7, 11) is -0.531. The summed E-state index contributed by atoms with van der Waals surface area (Å²) in [6, 6.07) is 11.9. The van der Waals surface area contributed by atoms with Crippen molar-refractivity contribution in [3.8, 4) is 0 Å². The molecule has 0 amide bonds. The lowest BCUT2D eigenvalue weighted by molar-refractivity contribution is 0.393. The molecule has 1 atom stereocenters. The second-order valence-corrected chi connectivity index (χ2v) is 8.91. The molecule has 23 heavy (non-hydrogen) atoms. The standard InChI is InChI=1S/C16H20N2O3S2/c1-12-11-22-15-7-5-4-6-14(15)18(12)10-13-8-9-16(21-13)23(19,20)17(2)3/h4-9,12H,10-11H2,1-3H3. The van der Waals surface area contributed by atoms with Crippen LogP contribution in [0, 0.1) is 0 Å². The van der Waals surface area contributed by atoms with Crippen LogP contribution >= 0.6 is 11.8 Å². The van der Waals surface area contributed by atoms with Crippen LogP contribution in [0.4, 0.5) is 5.69 Å². The van der Waals surface area contributed by atoms with E-state index < -0.39 is 10.0 Å². The van der Waals surface area contributed by atoms with Gasteiger partial charge in [0.05, 0.1) is 12.2 Å². The number of furan rings is 1. The summed E-state index contributed by atoms with van der Waals surface area (Å²) in [6.45, 7) is 2.73. The second-order valence-electron chi connectivity index (χ2n) is 5.76. The van der Waals surface area contributed by atoms with Crippen molar-refractivity contribution < 1.29 is 12.8 Å². The van der Waals surface area contributed by atoms with Gasteiger partial charge in [-0.1, -0.05) is 12.1 Å². The number of hydrogen-bond acceptors (Lipinski definition) is 5. The van der Waals surface area contributed by atoms with Crippen LogP contribution in [-0.4, -0.2) is 38.6 Å². The van der Waals surface area contributed by atoms with Crippen molar-refractivity contribution in [1.29, 1.82) is 0 Å². The van der Waals surface area contributed by atoms with E-state index in [1.165, 1.54) is 30.7 Å². The van der Waals surface area contributed by atoms with E-state index in [4.69, 9.17) is 4.42 Å². The molecule has 1 aromatic heterocycles. The zero-order valence-electron chi connectivity index (χ0n) is 13.4. The van der Waals surface area contributed by atoms with E-state index in [9.17, 15) is 8.42 Å². The molecular weight excluding hydrogens is 332 g/mol. The highest BCUT2D eigenvalue weighted by molar-refractivity contribution is 7.99. The van der Waals surface area contributed by atoms with Gasteiger partial charge in [0, 0.05) is 30.8 Å². The lowest BCUT2D eigenvalue weighted by atomic mass is 10.2. The van der Waals surface area contributed by atoms with E-state index in [1.807, 2.05) is 23.9 Å². The lowest BCUT2D eigenvalue weighted by Gasteiger charge is -2.36. The molecule has 0 N–H and O–H groups in total. The van der Waals surface area contributed by atoms with Crippen LogP contribution < -0.4 is 4.90 Å². The quantitative estimate of drug-likeness (QED) is 0.846. The van der Waals surface area contributed by atoms with Crippen LogP contribution in [0.25, 0.3) is 0 Å². The summed E-state index contributed by atoms with van der Waals surface area (Å²) in [5, 5.41) is -0.00942. The fourth-order valence-corrected chi connectivity index (χ4v) is 4.45. The Kier molecular flexibility index (Phi) is 4.44. The minimum atomic E-state index is -3.53. The van der Waals surface area contributed by atoms with Gasteiger partial charge in [-0.2, -0.15) is 0 Å². The van der Waals surface area contributed by atoms with Gasteiger partial charge in [-0.3, -0.25) is 0 Å². The number of anilines is 1. The van der Waals surface area contributed by atoms with Gasteiger partial charge in [0.25, 0.3) is 10.0 Å². The van der Waals surface area contributed by atoms with Gasteiger partial charge in [-0.25, -0.2) is 12.7 Å². The third kappa shape index (κ3) is 3.13. The predicted octanol–water partition coefficient (Wildman–Crippen LogP) is 3.03. The normalized spacial score (nSPS) is 18.3. The van der Waals surface area contributed by atoms with Gasteiger partial charge in [0.2, 0.25) is 5.09 Å². The van der Waals surface area contributed by atoms with E-state index in [0.717, 1.165) is 10.1 Å². The Morgan fingerprint density at radius 2 is 2.00 bits per heavy atom. The fourth-order valence-electron chi connectivity index (χ4n) is 2.52. The Hall–Kier alpha value is -1.44. The Labute approximate surface area is 141 Å². The molecule has 0 radical (unpaired) electrons. The second kappa shape index (κ2) is 6.22. The molecule has 0 saturated carbocycles. The van der Waals surface area contributed by atoms with Crippen molar-refractivity contribution >= 4 is 27.5 Å². The highest BCUT2D eigenvalue weighted by Gasteiger charge is 2.26. The van der Waals surface area contributed by atoms with Gasteiger partial charge >= 0.3 is 0 Å². The number of rotatable bonds is 4. The van der Waals surface area contributed by atoms with Crippen molar-refractivity contribution in [3.05, 3.63) is 42.2 Å². The van der Waals surface area contributed by atoms with Gasteiger partial charge in [0.15, 0.2) is 0 Å². The summed E-state index contributed by atoms with van der Waals surface area (Å²) in [5.74, 6) is 1.65. The number of fused-ring (bicyclic) bond motifs is 1. The van der Waals surface area contributed by atoms with Crippen LogP contribution in [0.2, 0.25) is 0 Å². The SMILES string of the molecule is CC1CSc2ccccc2N1Cc1ccc(S(=O)(=O)N(C)C)o1. The van der Waals surface area contributed by atoms with Crippen molar-refractivity contribution in [1.82, 2.24) is 4.31 Å². The molecular formula is C16H20N2O3S2. The molecule has 3 rings (SSSR count). The van der Waals surface area contributed by atoms with Crippen LogP contribution in [-0.2, 0) is 16.6 Å². The molecule has 0 bridgehead atoms. The topological polar surface area (TPSA) is 53.8 Å². The highest BCUT2D eigenvalue weighted by Crippen LogP contribution is 2.38. The van der Waals surface area contributed by atoms with E-state index in [2.05, 4.69) is 24.0 Å². The molecule has 0 fully saturated rings. The Morgan fingerprint density at radius 1 is 1.26 bits per heavy atom. The van der Waals surface area contributed by atoms with Crippen molar-refractivity contribution in [2.75, 3.05) is 24.7 Å². The van der Waals surface area contributed by atoms with Crippen LogP contribution in [0.15, 0.2) is 50.8 Å². The number of thioether (sulfide) groups is 1. The molecule has 124 valence electrons. The molecule has 0 saturated heterocycles. The largest absolute Gasteiger partial charge is 0.446 e. The van der Waals surface area contributed by atoms with Gasteiger partial charge in [-0.15, -0.1) is 11.8 Å². The molecule has 0 spiro atoms. The monoisotopic (exact) mass is 352 g/mol. The van der Waals surface area contributed by atoms with E-state index >= 15 is 0 Å². The third-order valence-electron chi connectivity index (χ3n) is 3.88. The van der Waals surface area contributed by atoms with E-state index in [1.54, 1.807) is 6.07 Å². The maximum Gasteiger partial charge on any atom is 0.275 e. The molecule has 5 nitrogen and oxygen atoms in total. The average molecular weight is 352 g/mol.